The van der Waals surface area contributed by atoms with Crippen LogP contribution in [0, 0.1) is 0 Å². The van der Waals surface area contributed by atoms with Crippen molar-refractivity contribution >= 4 is 31.6 Å². The molecule has 110 valence electrons. The lowest BCUT2D eigenvalue weighted by atomic mass is 10.1. The summed E-state index contributed by atoms with van der Waals surface area (Å²) in [6, 6.07) is 13.3. The maximum Gasteiger partial charge on any atom is 0.185 e. The van der Waals surface area contributed by atoms with Gasteiger partial charge < -0.3 is 0 Å². The zero-order chi connectivity index (χ0) is 15.5. The van der Waals surface area contributed by atoms with E-state index in [2.05, 4.69) is 15.9 Å². The minimum absolute atomic E-state index is 0.157. The molecule has 0 aliphatic rings. The van der Waals surface area contributed by atoms with Crippen LogP contribution in [0.25, 0.3) is 0 Å². The Morgan fingerprint density at radius 2 is 1.57 bits per heavy atom. The number of benzene rings is 2. The molecule has 0 spiro atoms. The lowest BCUT2D eigenvalue weighted by Gasteiger charge is -2.05. The summed E-state index contributed by atoms with van der Waals surface area (Å²) in [5.74, 6) is -0.902. The summed E-state index contributed by atoms with van der Waals surface area (Å²) < 4.78 is 25.2. The first-order chi connectivity index (χ1) is 9.92. The molecular weight excluding hydrogens is 352 g/mol. The highest BCUT2D eigenvalue weighted by atomic mass is 79.9. The molecule has 0 bridgehead atoms. The highest BCUT2D eigenvalue weighted by Gasteiger charge is 2.20. The molecule has 0 aromatic heterocycles. The third kappa shape index (κ3) is 4.02. The topological polar surface area (TPSA) is 51.2 Å². The Morgan fingerprint density at radius 1 is 1.00 bits per heavy atom. The summed E-state index contributed by atoms with van der Waals surface area (Å²) in [7, 11) is -3.61. The molecule has 0 aliphatic carbocycles. The van der Waals surface area contributed by atoms with Gasteiger partial charge in [-0.05, 0) is 36.2 Å². The van der Waals surface area contributed by atoms with Crippen molar-refractivity contribution in [3.8, 4) is 0 Å². The van der Waals surface area contributed by atoms with Crippen LogP contribution >= 0.6 is 15.9 Å². The van der Waals surface area contributed by atoms with Gasteiger partial charge in [0.2, 0.25) is 0 Å². The van der Waals surface area contributed by atoms with Gasteiger partial charge in [-0.2, -0.15) is 0 Å². The van der Waals surface area contributed by atoms with Crippen LogP contribution in [0.2, 0.25) is 0 Å². The first kappa shape index (κ1) is 15.9. The third-order valence-electron chi connectivity index (χ3n) is 3.18. The summed E-state index contributed by atoms with van der Waals surface area (Å²) in [4.78, 5) is 12.3. The average Bonchev–Trinajstić information content (AvgIpc) is 2.47. The molecule has 0 atom stereocenters. The van der Waals surface area contributed by atoms with E-state index in [1.165, 1.54) is 12.1 Å². The SMILES string of the molecule is CCc1ccc(C(=O)CS(=O)(=O)c2ccc(Br)cc2)cc1. The fraction of sp³-hybridized carbons (Fsp3) is 0.188. The molecule has 3 nitrogen and oxygen atoms in total. The standard InChI is InChI=1S/C16H15BrO3S/c1-2-12-3-5-13(6-4-12)16(18)11-21(19,20)15-9-7-14(17)8-10-15/h3-10H,2,11H2,1H3. The lowest BCUT2D eigenvalue weighted by Crippen LogP contribution is -2.16. The number of ketones is 1. The van der Waals surface area contributed by atoms with Crippen LogP contribution < -0.4 is 0 Å². The number of sulfone groups is 1. The fourth-order valence-corrected chi connectivity index (χ4v) is 3.40. The second-order valence-electron chi connectivity index (χ2n) is 4.69. The van der Waals surface area contributed by atoms with Crippen LogP contribution in [-0.4, -0.2) is 20.0 Å². The van der Waals surface area contributed by atoms with Crippen molar-refractivity contribution in [2.75, 3.05) is 5.75 Å². The van der Waals surface area contributed by atoms with Gasteiger partial charge in [-0.25, -0.2) is 8.42 Å². The maximum absolute atomic E-state index is 12.2. The largest absolute Gasteiger partial charge is 0.293 e. The molecule has 0 aliphatic heterocycles. The Morgan fingerprint density at radius 3 is 2.10 bits per heavy atom. The van der Waals surface area contributed by atoms with Gasteiger partial charge in [0.05, 0.1) is 4.90 Å². The van der Waals surface area contributed by atoms with Crippen molar-refractivity contribution in [3.63, 3.8) is 0 Å². The number of hydrogen-bond acceptors (Lipinski definition) is 3. The summed E-state index contributed by atoms with van der Waals surface area (Å²) in [5, 5.41) is 0. The molecule has 0 unspecified atom stereocenters. The first-order valence-electron chi connectivity index (χ1n) is 6.53. The zero-order valence-corrected chi connectivity index (χ0v) is 13.9. The summed E-state index contributed by atoms with van der Waals surface area (Å²) in [5.41, 5.74) is 1.54. The van der Waals surface area contributed by atoms with E-state index in [9.17, 15) is 13.2 Å². The minimum Gasteiger partial charge on any atom is -0.293 e. The number of halogens is 1. The number of rotatable bonds is 5. The molecule has 21 heavy (non-hydrogen) atoms. The second-order valence-corrected chi connectivity index (χ2v) is 7.59. The average molecular weight is 367 g/mol. The van der Waals surface area contributed by atoms with E-state index in [0.29, 0.717) is 5.56 Å². The molecule has 0 amide bonds. The predicted octanol–water partition coefficient (Wildman–Crippen LogP) is 3.67. The van der Waals surface area contributed by atoms with E-state index in [-0.39, 0.29) is 10.7 Å². The van der Waals surface area contributed by atoms with Crippen molar-refractivity contribution in [2.24, 2.45) is 0 Å². The van der Waals surface area contributed by atoms with Crippen molar-refractivity contribution in [2.45, 2.75) is 18.2 Å². The molecule has 0 N–H and O–H groups in total. The van der Waals surface area contributed by atoms with Crippen LogP contribution in [0.15, 0.2) is 57.9 Å². The number of carbonyl (C=O) groups excluding carboxylic acids is 1. The van der Waals surface area contributed by atoms with Crippen molar-refractivity contribution in [1.29, 1.82) is 0 Å². The number of hydrogen-bond donors (Lipinski definition) is 0. The quantitative estimate of drug-likeness (QED) is 0.758. The zero-order valence-electron chi connectivity index (χ0n) is 11.5. The van der Waals surface area contributed by atoms with Gasteiger partial charge in [-0.3, -0.25) is 4.79 Å². The van der Waals surface area contributed by atoms with E-state index < -0.39 is 15.6 Å². The lowest BCUT2D eigenvalue weighted by molar-refractivity contribution is 0.102. The van der Waals surface area contributed by atoms with Crippen molar-refractivity contribution in [3.05, 3.63) is 64.1 Å². The van der Waals surface area contributed by atoms with Crippen LogP contribution in [0.3, 0.4) is 0 Å². The number of Topliss-reactive ketones (excluding diaryl/α,β-unsaturated/α-hetero) is 1. The number of aryl methyl sites for hydroxylation is 1. The van der Waals surface area contributed by atoms with E-state index in [1.54, 1.807) is 24.3 Å². The molecule has 0 saturated heterocycles. The second kappa shape index (κ2) is 6.54. The van der Waals surface area contributed by atoms with Gasteiger partial charge in [0.25, 0.3) is 0 Å². The Kier molecular flexibility index (Phi) is 4.96. The summed E-state index contributed by atoms with van der Waals surface area (Å²) >= 11 is 3.25. The Bertz CT molecular complexity index is 732. The third-order valence-corrected chi connectivity index (χ3v) is 5.34. The Balaban J connectivity index is 2.19. The molecule has 0 heterocycles. The molecule has 0 saturated carbocycles. The van der Waals surface area contributed by atoms with E-state index in [4.69, 9.17) is 0 Å². The van der Waals surface area contributed by atoms with Crippen LogP contribution in [-0.2, 0) is 16.3 Å². The Hall–Kier alpha value is -1.46. The van der Waals surface area contributed by atoms with Crippen molar-refractivity contribution in [1.82, 2.24) is 0 Å². The van der Waals surface area contributed by atoms with Gasteiger partial charge in [-0.15, -0.1) is 0 Å². The molecule has 2 aromatic rings. The van der Waals surface area contributed by atoms with Gasteiger partial charge in [0, 0.05) is 10.0 Å². The van der Waals surface area contributed by atoms with Crippen LogP contribution in [0.5, 0.6) is 0 Å². The normalized spacial score (nSPS) is 11.3. The van der Waals surface area contributed by atoms with E-state index >= 15 is 0 Å². The van der Waals surface area contributed by atoms with Crippen molar-refractivity contribution < 1.29 is 13.2 Å². The maximum atomic E-state index is 12.2. The van der Waals surface area contributed by atoms with Gasteiger partial charge in [-0.1, -0.05) is 47.1 Å². The monoisotopic (exact) mass is 366 g/mol. The van der Waals surface area contributed by atoms with Gasteiger partial charge in [0.15, 0.2) is 15.6 Å². The molecular formula is C16H15BrO3S. The first-order valence-corrected chi connectivity index (χ1v) is 8.97. The highest BCUT2D eigenvalue weighted by molar-refractivity contribution is 9.10. The fourth-order valence-electron chi connectivity index (χ4n) is 1.91. The molecule has 2 rings (SSSR count). The highest BCUT2D eigenvalue weighted by Crippen LogP contribution is 2.17. The molecule has 0 radical (unpaired) electrons. The Labute approximate surface area is 133 Å². The number of carbonyl (C=O) groups is 1. The smallest absolute Gasteiger partial charge is 0.185 e. The van der Waals surface area contributed by atoms with E-state index in [1.807, 2.05) is 19.1 Å². The summed E-state index contributed by atoms with van der Waals surface area (Å²) in [6.07, 6.45) is 0.881. The molecule has 2 aromatic carbocycles. The van der Waals surface area contributed by atoms with Gasteiger partial charge in [0.1, 0.15) is 5.75 Å². The van der Waals surface area contributed by atoms with Crippen LogP contribution in [0.4, 0.5) is 0 Å². The molecule has 5 heteroatoms. The molecule has 0 fully saturated rings. The van der Waals surface area contributed by atoms with Crippen LogP contribution in [0.1, 0.15) is 22.8 Å². The van der Waals surface area contributed by atoms with E-state index in [0.717, 1.165) is 16.5 Å². The summed E-state index contributed by atoms with van der Waals surface area (Å²) in [6.45, 7) is 2.02. The minimum atomic E-state index is -3.61. The van der Waals surface area contributed by atoms with Gasteiger partial charge >= 0.3 is 0 Å². The predicted molar refractivity (Wildman–Crippen MR) is 86.3 cm³/mol.